The molecule has 6 nitrogen and oxygen atoms in total. The maximum Gasteiger partial charge on any atom is 0.307 e. The summed E-state index contributed by atoms with van der Waals surface area (Å²) >= 11 is 0. The zero-order chi connectivity index (χ0) is 21.9. The van der Waals surface area contributed by atoms with E-state index in [0.717, 1.165) is 70.6 Å². The molecule has 2 unspecified atom stereocenters. The van der Waals surface area contributed by atoms with Gasteiger partial charge in [0.25, 0.3) is 0 Å². The van der Waals surface area contributed by atoms with Gasteiger partial charge >= 0.3 is 17.9 Å². The smallest absolute Gasteiger partial charge is 0.307 e. The van der Waals surface area contributed by atoms with Gasteiger partial charge in [0.2, 0.25) is 0 Å². The van der Waals surface area contributed by atoms with Crippen molar-refractivity contribution in [1.29, 1.82) is 0 Å². The molecule has 0 saturated carbocycles. The third-order valence-corrected chi connectivity index (χ3v) is 4.99. The lowest BCUT2D eigenvalue weighted by atomic mass is 10.0. The number of ether oxygens (including phenoxy) is 1. The Kier molecular flexibility index (Phi) is 17.0. The summed E-state index contributed by atoms with van der Waals surface area (Å²) in [7, 11) is 0. The molecule has 168 valence electrons. The fourth-order valence-corrected chi connectivity index (χ4v) is 3.12. The Labute approximate surface area is 175 Å². The van der Waals surface area contributed by atoms with Crippen molar-refractivity contribution in [1.82, 2.24) is 0 Å². The molecule has 0 heterocycles. The van der Waals surface area contributed by atoms with E-state index in [9.17, 15) is 19.5 Å². The molecule has 0 radical (unpaired) electrons. The van der Waals surface area contributed by atoms with Crippen LogP contribution in [0, 0.1) is 5.92 Å². The summed E-state index contributed by atoms with van der Waals surface area (Å²) in [6.07, 6.45) is 14.6. The van der Waals surface area contributed by atoms with Crippen molar-refractivity contribution in [2.75, 3.05) is 0 Å². The first kappa shape index (κ1) is 27.1. The number of hydrogen-bond acceptors (Lipinski definition) is 4. The van der Waals surface area contributed by atoms with Crippen LogP contribution < -0.4 is 0 Å². The Hall–Kier alpha value is -1.85. The number of unbranched alkanes of at least 4 members (excludes halogenated alkanes) is 7. The molecule has 0 bridgehead atoms. The molecular formula is C23H40O6. The van der Waals surface area contributed by atoms with Crippen molar-refractivity contribution in [2.45, 2.75) is 110 Å². The molecule has 0 aromatic carbocycles. The third-order valence-electron chi connectivity index (χ3n) is 4.99. The van der Waals surface area contributed by atoms with Crippen molar-refractivity contribution in [3.63, 3.8) is 0 Å². The Morgan fingerprint density at radius 1 is 0.897 bits per heavy atom. The molecule has 0 aromatic rings. The summed E-state index contributed by atoms with van der Waals surface area (Å²) in [6.45, 7) is 4.11. The Balaban J connectivity index is 4.06. The molecule has 0 aliphatic heterocycles. The minimum atomic E-state index is -0.968. The van der Waals surface area contributed by atoms with Crippen LogP contribution in [0.3, 0.4) is 0 Å². The van der Waals surface area contributed by atoms with Gasteiger partial charge in [0.1, 0.15) is 6.10 Å². The van der Waals surface area contributed by atoms with Gasteiger partial charge in [-0.2, -0.15) is 0 Å². The molecule has 0 fully saturated rings. The average Bonchev–Trinajstić information content (AvgIpc) is 2.67. The molecule has 0 saturated heterocycles. The van der Waals surface area contributed by atoms with Crippen LogP contribution in [0.25, 0.3) is 0 Å². The van der Waals surface area contributed by atoms with Crippen molar-refractivity contribution >= 4 is 17.9 Å². The largest absolute Gasteiger partial charge is 0.481 e. The number of carbonyl (C=O) groups is 3. The molecule has 0 aliphatic rings. The molecule has 0 rings (SSSR count). The monoisotopic (exact) mass is 412 g/mol. The zero-order valence-electron chi connectivity index (χ0n) is 18.2. The summed E-state index contributed by atoms with van der Waals surface area (Å²) in [5.41, 5.74) is 0. The summed E-state index contributed by atoms with van der Waals surface area (Å²) < 4.78 is 5.47. The van der Waals surface area contributed by atoms with E-state index in [0.29, 0.717) is 6.42 Å². The Bertz CT molecular complexity index is 486. The molecule has 2 N–H and O–H groups in total. The van der Waals surface area contributed by atoms with Crippen LogP contribution in [-0.4, -0.2) is 34.2 Å². The van der Waals surface area contributed by atoms with E-state index in [4.69, 9.17) is 9.84 Å². The number of aliphatic carboxylic acids is 2. The molecule has 0 spiro atoms. The van der Waals surface area contributed by atoms with Gasteiger partial charge in [0, 0.05) is 6.42 Å². The lowest BCUT2D eigenvalue weighted by Gasteiger charge is -2.17. The van der Waals surface area contributed by atoms with Crippen LogP contribution in [0.15, 0.2) is 12.2 Å². The van der Waals surface area contributed by atoms with Crippen LogP contribution in [0.5, 0.6) is 0 Å². The first-order chi connectivity index (χ1) is 13.9. The quantitative estimate of drug-likeness (QED) is 0.159. The minimum absolute atomic E-state index is 0.0898. The number of rotatable bonds is 19. The number of allylic oxidation sites excluding steroid dienone is 2. The molecular weight excluding hydrogens is 372 g/mol. The second kappa shape index (κ2) is 18.2. The summed E-state index contributed by atoms with van der Waals surface area (Å²) in [5, 5.41) is 17.9. The van der Waals surface area contributed by atoms with E-state index < -0.39 is 23.8 Å². The maximum atomic E-state index is 12.1. The zero-order valence-corrected chi connectivity index (χ0v) is 18.2. The average molecular weight is 413 g/mol. The fraction of sp³-hybridized carbons (Fsp3) is 0.783. The molecule has 29 heavy (non-hydrogen) atoms. The van der Waals surface area contributed by atoms with Crippen molar-refractivity contribution < 1.29 is 29.3 Å². The number of carboxylic acids is 2. The highest BCUT2D eigenvalue weighted by atomic mass is 16.5. The van der Waals surface area contributed by atoms with Gasteiger partial charge in [-0.3, -0.25) is 14.4 Å². The van der Waals surface area contributed by atoms with Gasteiger partial charge < -0.3 is 14.9 Å². The van der Waals surface area contributed by atoms with E-state index in [1.807, 2.05) is 19.1 Å². The summed E-state index contributed by atoms with van der Waals surface area (Å²) in [5.74, 6) is -2.88. The lowest BCUT2D eigenvalue weighted by molar-refractivity contribution is -0.155. The molecule has 2 atom stereocenters. The van der Waals surface area contributed by atoms with E-state index in [-0.39, 0.29) is 18.9 Å². The van der Waals surface area contributed by atoms with Crippen LogP contribution in [0.1, 0.15) is 104 Å². The molecule has 0 amide bonds. The summed E-state index contributed by atoms with van der Waals surface area (Å²) in [4.78, 5) is 34.0. The van der Waals surface area contributed by atoms with Crippen LogP contribution in [-0.2, 0) is 19.1 Å². The van der Waals surface area contributed by atoms with E-state index in [1.165, 1.54) is 0 Å². The highest BCUT2D eigenvalue weighted by Crippen LogP contribution is 2.16. The lowest BCUT2D eigenvalue weighted by Crippen LogP contribution is -2.23. The molecule has 6 heteroatoms. The van der Waals surface area contributed by atoms with Gasteiger partial charge in [0.15, 0.2) is 0 Å². The SMILES string of the molecule is CCCCCC(CC)OC(=O)CC(CC=CCCCCCCCC(=O)O)C(=O)O. The Morgan fingerprint density at radius 3 is 2.21 bits per heavy atom. The highest BCUT2D eigenvalue weighted by Gasteiger charge is 2.22. The molecule has 0 aliphatic carbocycles. The fourth-order valence-electron chi connectivity index (χ4n) is 3.12. The number of carbonyl (C=O) groups excluding carboxylic acids is 1. The maximum absolute atomic E-state index is 12.1. The minimum Gasteiger partial charge on any atom is -0.481 e. The second-order valence-corrected chi connectivity index (χ2v) is 7.66. The highest BCUT2D eigenvalue weighted by molar-refractivity contribution is 5.79. The number of esters is 1. The van der Waals surface area contributed by atoms with Crippen LogP contribution in [0.2, 0.25) is 0 Å². The normalized spacial score (nSPS) is 13.3. The van der Waals surface area contributed by atoms with Gasteiger partial charge in [0.05, 0.1) is 12.3 Å². The van der Waals surface area contributed by atoms with Gasteiger partial charge in [-0.05, 0) is 44.9 Å². The number of carboxylic acid groups (broad SMARTS) is 2. The van der Waals surface area contributed by atoms with E-state index in [1.54, 1.807) is 0 Å². The number of hydrogen-bond donors (Lipinski definition) is 2. The first-order valence-corrected chi connectivity index (χ1v) is 11.2. The summed E-state index contributed by atoms with van der Waals surface area (Å²) in [6, 6.07) is 0. The predicted molar refractivity (Wildman–Crippen MR) is 114 cm³/mol. The third kappa shape index (κ3) is 16.8. The second-order valence-electron chi connectivity index (χ2n) is 7.66. The molecule has 0 aromatic heterocycles. The van der Waals surface area contributed by atoms with E-state index in [2.05, 4.69) is 6.92 Å². The van der Waals surface area contributed by atoms with Crippen molar-refractivity contribution in [2.24, 2.45) is 5.92 Å². The van der Waals surface area contributed by atoms with E-state index >= 15 is 0 Å². The first-order valence-electron chi connectivity index (χ1n) is 11.2. The Morgan fingerprint density at radius 2 is 1.59 bits per heavy atom. The van der Waals surface area contributed by atoms with Gasteiger partial charge in [-0.15, -0.1) is 0 Å². The predicted octanol–water partition coefficient (Wildman–Crippen LogP) is 5.74. The van der Waals surface area contributed by atoms with Gasteiger partial charge in [-0.25, -0.2) is 0 Å². The van der Waals surface area contributed by atoms with Gasteiger partial charge in [-0.1, -0.05) is 58.1 Å². The topological polar surface area (TPSA) is 101 Å². The van der Waals surface area contributed by atoms with Crippen molar-refractivity contribution in [3.05, 3.63) is 12.2 Å². The van der Waals surface area contributed by atoms with Crippen molar-refractivity contribution in [3.8, 4) is 0 Å². The van der Waals surface area contributed by atoms with Crippen LogP contribution >= 0.6 is 0 Å². The van der Waals surface area contributed by atoms with Crippen LogP contribution in [0.4, 0.5) is 0 Å². The standard InChI is InChI=1S/C23H40O6/c1-3-5-12-16-20(4-2)29-22(26)18-19(23(27)28)15-13-10-8-6-7-9-11-14-17-21(24)25/h10,13,19-20H,3-9,11-12,14-18H2,1-2H3,(H,24,25)(H,27,28).